The molecule has 0 fully saturated rings. The Hall–Kier alpha value is -2.22. The molecule has 1 aromatic heterocycles. The Balaban J connectivity index is 1.72. The van der Waals surface area contributed by atoms with Crippen LogP contribution in [0.3, 0.4) is 0 Å². The SMILES string of the molecule is c1ccc(NC2CCn3c2cc2ccccc23)cc1. The van der Waals surface area contributed by atoms with Crippen molar-refractivity contribution >= 4 is 16.6 Å². The van der Waals surface area contributed by atoms with E-state index in [2.05, 4.69) is 70.5 Å². The predicted octanol–water partition coefficient (Wildman–Crippen LogP) is 4.20. The average molecular weight is 248 g/mol. The first kappa shape index (κ1) is 10.7. The Morgan fingerprint density at radius 3 is 2.63 bits per heavy atom. The molecule has 2 aromatic carbocycles. The first-order valence-electron chi connectivity index (χ1n) is 6.81. The lowest BCUT2D eigenvalue weighted by Gasteiger charge is -2.13. The molecule has 1 aliphatic rings. The van der Waals surface area contributed by atoms with Crippen LogP contribution in [0, 0.1) is 0 Å². The number of para-hydroxylation sites is 2. The van der Waals surface area contributed by atoms with Gasteiger partial charge in [0.1, 0.15) is 0 Å². The third kappa shape index (κ3) is 1.72. The number of nitrogens with zero attached hydrogens (tertiary/aromatic N) is 1. The molecule has 4 rings (SSSR count). The van der Waals surface area contributed by atoms with Gasteiger partial charge >= 0.3 is 0 Å². The predicted molar refractivity (Wildman–Crippen MR) is 79.4 cm³/mol. The fraction of sp³-hybridized carbons (Fsp3) is 0.176. The number of aromatic nitrogens is 1. The van der Waals surface area contributed by atoms with Crippen molar-refractivity contribution in [2.75, 3.05) is 5.32 Å². The van der Waals surface area contributed by atoms with Crippen LogP contribution in [0.25, 0.3) is 10.9 Å². The van der Waals surface area contributed by atoms with E-state index in [0.29, 0.717) is 6.04 Å². The summed E-state index contributed by atoms with van der Waals surface area (Å²) in [5.41, 5.74) is 3.96. The fourth-order valence-electron chi connectivity index (χ4n) is 3.06. The molecule has 2 heterocycles. The van der Waals surface area contributed by atoms with E-state index in [0.717, 1.165) is 13.0 Å². The summed E-state index contributed by atoms with van der Waals surface area (Å²) in [6.07, 6.45) is 1.16. The molecule has 0 saturated carbocycles. The summed E-state index contributed by atoms with van der Waals surface area (Å²) in [6, 6.07) is 21.8. The largest absolute Gasteiger partial charge is 0.377 e. The van der Waals surface area contributed by atoms with Gasteiger partial charge in [-0.05, 0) is 36.1 Å². The summed E-state index contributed by atoms with van der Waals surface area (Å²) in [6.45, 7) is 1.10. The maximum Gasteiger partial charge on any atom is 0.0682 e. The first-order chi connectivity index (χ1) is 9.42. The molecule has 2 heteroatoms. The lowest BCUT2D eigenvalue weighted by atomic mass is 10.1. The van der Waals surface area contributed by atoms with Crippen molar-refractivity contribution in [1.29, 1.82) is 0 Å². The standard InChI is InChI=1S/C17H16N2/c1-2-7-14(8-3-1)18-15-10-11-19-16-9-5-4-6-13(16)12-17(15)19/h1-9,12,15,18H,10-11H2. The maximum absolute atomic E-state index is 3.64. The van der Waals surface area contributed by atoms with E-state index in [4.69, 9.17) is 0 Å². The van der Waals surface area contributed by atoms with Crippen LogP contribution in [-0.2, 0) is 6.54 Å². The van der Waals surface area contributed by atoms with E-state index in [-0.39, 0.29) is 0 Å². The van der Waals surface area contributed by atoms with Gasteiger partial charge in [0.25, 0.3) is 0 Å². The lowest BCUT2D eigenvalue weighted by Crippen LogP contribution is -2.06. The van der Waals surface area contributed by atoms with Gasteiger partial charge in [0.05, 0.1) is 6.04 Å². The molecule has 2 nitrogen and oxygen atoms in total. The lowest BCUT2D eigenvalue weighted by molar-refractivity contribution is 0.722. The zero-order valence-electron chi connectivity index (χ0n) is 10.7. The summed E-state index contributed by atoms with van der Waals surface area (Å²) in [7, 11) is 0. The minimum Gasteiger partial charge on any atom is -0.377 e. The van der Waals surface area contributed by atoms with E-state index >= 15 is 0 Å². The Morgan fingerprint density at radius 2 is 1.74 bits per heavy atom. The Labute approximate surface area is 112 Å². The van der Waals surface area contributed by atoms with Crippen molar-refractivity contribution in [2.45, 2.75) is 19.0 Å². The number of rotatable bonds is 2. The average Bonchev–Trinajstić information content (AvgIpc) is 3.00. The van der Waals surface area contributed by atoms with E-state index in [1.807, 2.05) is 0 Å². The van der Waals surface area contributed by atoms with Crippen molar-refractivity contribution in [3.8, 4) is 0 Å². The van der Waals surface area contributed by atoms with Gasteiger partial charge in [-0.3, -0.25) is 0 Å². The van der Waals surface area contributed by atoms with Gasteiger partial charge < -0.3 is 9.88 Å². The molecule has 94 valence electrons. The molecule has 0 bridgehead atoms. The van der Waals surface area contributed by atoms with Gasteiger partial charge in [-0.1, -0.05) is 36.4 Å². The number of hydrogen-bond acceptors (Lipinski definition) is 1. The molecule has 1 unspecified atom stereocenters. The number of fused-ring (bicyclic) bond motifs is 3. The second-order valence-electron chi connectivity index (χ2n) is 5.13. The van der Waals surface area contributed by atoms with E-state index in [1.165, 1.54) is 22.3 Å². The summed E-state index contributed by atoms with van der Waals surface area (Å²) in [5.74, 6) is 0. The van der Waals surface area contributed by atoms with Gasteiger partial charge in [0.15, 0.2) is 0 Å². The molecular formula is C17H16N2. The van der Waals surface area contributed by atoms with Crippen LogP contribution in [0.1, 0.15) is 18.2 Å². The normalized spacial score (nSPS) is 17.6. The number of anilines is 1. The van der Waals surface area contributed by atoms with Crippen LogP contribution in [0.2, 0.25) is 0 Å². The molecular weight excluding hydrogens is 232 g/mol. The summed E-state index contributed by atoms with van der Waals surface area (Å²) in [5, 5.41) is 4.98. The number of benzene rings is 2. The quantitative estimate of drug-likeness (QED) is 0.719. The van der Waals surface area contributed by atoms with Crippen LogP contribution < -0.4 is 5.32 Å². The summed E-state index contributed by atoms with van der Waals surface area (Å²) < 4.78 is 2.44. The summed E-state index contributed by atoms with van der Waals surface area (Å²) >= 11 is 0. The van der Waals surface area contributed by atoms with Crippen molar-refractivity contribution in [2.24, 2.45) is 0 Å². The molecule has 0 aliphatic carbocycles. The Morgan fingerprint density at radius 1 is 0.947 bits per heavy atom. The van der Waals surface area contributed by atoms with E-state index in [1.54, 1.807) is 0 Å². The highest BCUT2D eigenvalue weighted by Gasteiger charge is 2.24. The van der Waals surface area contributed by atoms with Crippen LogP contribution in [0.15, 0.2) is 60.7 Å². The highest BCUT2D eigenvalue weighted by atomic mass is 15.1. The minimum atomic E-state index is 0.426. The third-order valence-corrected chi connectivity index (χ3v) is 3.96. The molecule has 1 aliphatic heterocycles. The van der Waals surface area contributed by atoms with Gasteiger partial charge in [-0.15, -0.1) is 0 Å². The first-order valence-corrected chi connectivity index (χ1v) is 6.81. The smallest absolute Gasteiger partial charge is 0.0682 e. The molecule has 0 spiro atoms. The van der Waals surface area contributed by atoms with Crippen molar-refractivity contribution in [3.63, 3.8) is 0 Å². The van der Waals surface area contributed by atoms with Gasteiger partial charge in [0, 0.05) is 23.4 Å². The Kier molecular flexibility index (Phi) is 2.34. The molecule has 0 radical (unpaired) electrons. The van der Waals surface area contributed by atoms with Crippen LogP contribution in [-0.4, -0.2) is 4.57 Å². The molecule has 3 aromatic rings. The van der Waals surface area contributed by atoms with Crippen molar-refractivity contribution in [3.05, 3.63) is 66.4 Å². The highest BCUT2D eigenvalue weighted by Crippen LogP contribution is 2.34. The zero-order chi connectivity index (χ0) is 12.7. The fourth-order valence-corrected chi connectivity index (χ4v) is 3.06. The number of hydrogen-bond donors (Lipinski definition) is 1. The van der Waals surface area contributed by atoms with Crippen LogP contribution in [0.5, 0.6) is 0 Å². The molecule has 0 saturated heterocycles. The molecule has 1 atom stereocenters. The van der Waals surface area contributed by atoms with Crippen LogP contribution in [0.4, 0.5) is 5.69 Å². The van der Waals surface area contributed by atoms with E-state index in [9.17, 15) is 0 Å². The topological polar surface area (TPSA) is 17.0 Å². The van der Waals surface area contributed by atoms with Crippen molar-refractivity contribution < 1.29 is 0 Å². The van der Waals surface area contributed by atoms with Gasteiger partial charge in [-0.25, -0.2) is 0 Å². The zero-order valence-corrected chi connectivity index (χ0v) is 10.7. The maximum atomic E-state index is 3.64. The Bertz CT molecular complexity index is 712. The molecule has 1 N–H and O–H groups in total. The second-order valence-corrected chi connectivity index (χ2v) is 5.13. The highest BCUT2D eigenvalue weighted by molar-refractivity contribution is 5.82. The number of nitrogens with one attached hydrogen (secondary N) is 1. The van der Waals surface area contributed by atoms with Gasteiger partial charge in [0.2, 0.25) is 0 Å². The summed E-state index contributed by atoms with van der Waals surface area (Å²) in [4.78, 5) is 0. The third-order valence-electron chi connectivity index (χ3n) is 3.96. The molecule has 19 heavy (non-hydrogen) atoms. The second kappa shape index (κ2) is 4.16. The molecule has 0 amide bonds. The van der Waals surface area contributed by atoms with E-state index < -0.39 is 0 Å². The minimum absolute atomic E-state index is 0.426. The monoisotopic (exact) mass is 248 g/mol. The van der Waals surface area contributed by atoms with Gasteiger partial charge in [-0.2, -0.15) is 0 Å². The van der Waals surface area contributed by atoms with Crippen LogP contribution >= 0.6 is 0 Å². The number of aryl methyl sites for hydroxylation is 1. The van der Waals surface area contributed by atoms with Crippen molar-refractivity contribution in [1.82, 2.24) is 4.57 Å².